The lowest BCUT2D eigenvalue weighted by molar-refractivity contribution is -0.155. The molecule has 2 heterocycles. The van der Waals surface area contributed by atoms with Gasteiger partial charge in [0, 0.05) is 18.7 Å². The highest BCUT2D eigenvalue weighted by Crippen LogP contribution is 2.49. The fraction of sp³-hybridized carbons (Fsp3) is 0.591. The molecule has 1 aliphatic carbocycles. The van der Waals surface area contributed by atoms with Gasteiger partial charge in [0.05, 0.1) is 12.7 Å². The van der Waals surface area contributed by atoms with Gasteiger partial charge in [-0.15, -0.1) is 0 Å². The zero-order valence-corrected chi connectivity index (χ0v) is 18.4. The summed E-state index contributed by atoms with van der Waals surface area (Å²) in [5.74, 6) is -0.254. The molecule has 0 bridgehead atoms. The van der Waals surface area contributed by atoms with Crippen LogP contribution in [0, 0.1) is 0 Å². The molecule has 4 rings (SSSR count). The van der Waals surface area contributed by atoms with E-state index < -0.39 is 30.2 Å². The number of hydrogen-bond acceptors (Lipinski definition) is 8. The summed E-state index contributed by atoms with van der Waals surface area (Å²) in [6.45, 7) is 8.20. The molecule has 1 aromatic rings. The summed E-state index contributed by atoms with van der Waals surface area (Å²) < 4.78 is 28.3. The van der Waals surface area contributed by atoms with Crippen LogP contribution < -0.4 is 14.2 Å². The molecular weight excluding hydrogens is 406 g/mol. The lowest BCUT2D eigenvalue weighted by Gasteiger charge is -2.33. The summed E-state index contributed by atoms with van der Waals surface area (Å²) in [4.78, 5) is 15.1. The molecule has 1 aromatic carbocycles. The fourth-order valence-corrected chi connectivity index (χ4v) is 4.44. The molecule has 0 saturated carbocycles. The number of ether oxygens (including phenoxy) is 5. The molecule has 4 atom stereocenters. The Balaban J connectivity index is 1.88. The maximum Gasteiger partial charge on any atom is 0.258 e. The zero-order chi connectivity index (χ0) is 22.5. The van der Waals surface area contributed by atoms with Gasteiger partial charge in [-0.3, -0.25) is 4.79 Å². The van der Waals surface area contributed by atoms with Crippen molar-refractivity contribution in [2.24, 2.45) is 0 Å². The van der Waals surface area contributed by atoms with E-state index in [1.54, 1.807) is 24.8 Å². The van der Waals surface area contributed by atoms with E-state index in [0.717, 1.165) is 0 Å². The van der Waals surface area contributed by atoms with Crippen molar-refractivity contribution in [2.45, 2.75) is 57.9 Å². The quantitative estimate of drug-likeness (QED) is 0.718. The van der Waals surface area contributed by atoms with Crippen LogP contribution in [0.5, 0.6) is 17.2 Å². The number of nitrogens with zero attached hydrogens (tertiary/aromatic N) is 1. The third-order valence-corrected chi connectivity index (χ3v) is 5.88. The molecule has 9 nitrogen and oxygen atoms in total. The summed E-state index contributed by atoms with van der Waals surface area (Å²) >= 11 is 0. The lowest BCUT2D eigenvalue weighted by atomic mass is 9.83. The molecule has 0 spiro atoms. The highest BCUT2D eigenvalue weighted by atomic mass is 16.8. The molecule has 31 heavy (non-hydrogen) atoms. The topological polar surface area (TPSA) is 107 Å². The van der Waals surface area contributed by atoms with Crippen LogP contribution in [0.25, 0.3) is 5.57 Å². The number of carbonyl (C=O) groups excluding carboxylic acids is 1. The van der Waals surface area contributed by atoms with Gasteiger partial charge in [0.2, 0.25) is 12.5 Å². The molecule has 0 radical (unpaired) electrons. The maximum absolute atomic E-state index is 13.5. The zero-order valence-electron chi connectivity index (χ0n) is 18.4. The minimum atomic E-state index is -1.14. The Bertz CT molecular complexity index is 907. The largest absolute Gasteiger partial charge is 0.492 e. The first-order valence-corrected chi connectivity index (χ1v) is 10.5. The van der Waals surface area contributed by atoms with Crippen molar-refractivity contribution in [1.29, 1.82) is 0 Å². The predicted octanol–water partition coefficient (Wildman–Crippen LogP) is 1.54. The third kappa shape index (κ3) is 3.55. The van der Waals surface area contributed by atoms with Crippen molar-refractivity contribution >= 4 is 11.5 Å². The van der Waals surface area contributed by atoms with Crippen LogP contribution in [0.15, 0.2) is 12.1 Å². The Morgan fingerprint density at radius 3 is 2.52 bits per heavy atom. The number of hydrogen-bond donors (Lipinski definition) is 2. The van der Waals surface area contributed by atoms with E-state index in [0.29, 0.717) is 35.7 Å². The summed E-state index contributed by atoms with van der Waals surface area (Å²) in [6.07, 6.45) is -2.17. The number of carbonyl (C=O) groups is 1. The highest BCUT2D eigenvalue weighted by molar-refractivity contribution is 6.04. The fourth-order valence-electron chi connectivity index (χ4n) is 4.44. The average Bonchev–Trinajstić information content (AvgIpc) is 3.33. The molecule has 1 saturated heterocycles. The molecule has 2 N–H and O–H groups in total. The standard InChI is InChI=1S/C22H29NO8/c1-6-23(7-2)21(26)15-11(9-14-18(19(15)27-5)29-10-28-14)12-8-13(24)17-20(16(12)25)31-22(3,4)30-17/h8-9,13,16-17,20,24-25H,6-7,10H2,1-5H3/t13-,16+,17+,20-/m0/s1. The maximum atomic E-state index is 13.5. The van der Waals surface area contributed by atoms with E-state index in [1.807, 2.05) is 13.8 Å². The van der Waals surface area contributed by atoms with Crippen molar-refractivity contribution in [3.63, 3.8) is 0 Å². The van der Waals surface area contributed by atoms with Crippen molar-refractivity contribution in [1.82, 2.24) is 4.90 Å². The van der Waals surface area contributed by atoms with E-state index in [9.17, 15) is 15.0 Å². The molecule has 9 heteroatoms. The van der Waals surface area contributed by atoms with Crippen molar-refractivity contribution < 1.29 is 38.7 Å². The summed E-state index contributed by atoms with van der Waals surface area (Å²) in [5, 5.41) is 21.9. The first-order valence-electron chi connectivity index (χ1n) is 10.5. The van der Waals surface area contributed by atoms with E-state index >= 15 is 0 Å². The third-order valence-electron chi connectivity index (χ3n) is 5.88. The smallest absolute Gasteiger partial charge is 0.258 e. The number of rotatable bonds is 5. The monoisotopic (exact) mass is 435 g/mol. The van der Waals surface area contributed by atoms with E-state index in [-0.39, 0.29) is 24.0 Å². The number of benzene rings is 1. The Morgan fingerprint density at radius 2 is 1.87 bits per heavy atom. The highest BCUT2D eigenvalue weighted by Gasteiger charge is 2.51. The van der Waals surface area contributed by atoms with Crippen LogP contribution in [0.1, 0.15) is 43.6 Å². The lowest BCUT2D eigenvalue weighted by Crippen LogP contribution is -2.46. The Morgan fingerprint density at radius 1 is 1.19 bits per heavy atom. The summed E-state index contributed by atoms with van der Waals surface area (Å²) in [5.41, 5.74) is 0.989. The first-order chi connectivity index (χ1) is 14.7. The van der Waals surface area contributed by atoms with Gasteiger partial charge in [-0.25, -0.2) is 0 Å². The molecule has 170 valence electrons. The van der Waals surface area contributed by atoms with Crippen LogP contribution in [0.2, 0.25) is 0 Å². The SMILES string of the molecule is CCN(CC)C(=O)c1c(C2=C[C@H](O)[C@H]3OC(C)(C)O[C@H]3[C@@H]2O)cc2c(c1OC)OCO2. The number of aliphatic hydroxyl groups is 2. The normalized spacial score (nSPS) is 28.2. The van der Waals surface area contributed by atoms with Crippen molar-refractivity contribution in [3.8, 4) is 17.2 Å². The second-order valence-corrected chi connectivity index (χ2v) is 8.17. The summed E-state index contributed by atoms with van der Waals surface area (Å²) in [7, 11) is 1.45. The predicted molar refractivity (Wildman–Crippen MR) is 110 cm³/mol. The summed E-state index contributed by atoms with van der Waals surface area (Å²) in [6, 6.07) is 1.64. The van der Waals surface area contributed by atoms with Crippen LogP contribution in [0.3, 0.4) is 0 Å². The van der Waals surface area contributed by atoms with E-state index in [4.69, 9.17) is 23.7 Å². The van der Waals surface area contributed by atoms with Gasteiger partial charge in [-0.1, -0.05) is 0 Å². The second kappa shape index (κ2) is 7.98. The van der Waals surface area contributed by atoms with Crippen molar-refractivity contribution in [3.05, 3.63) is 23.3 Å². The Hall–Kier alpha value is -2.33. The minimum absolute atomic E-state index is 0.00584. The number of amides is 1. The number of aliphatic hydroxyl groups excluding tert-OH is 2. The van der Waals surface area contributed by atoms with Gasteiger partial charge >= 0.3 is 0 Å². The molecule has 0 aromatic heterocycles. The average molecular weight is 435 g/mol. The molecule has 1 amide bonds. The molecule has 2 aliphatic heterocycles. The molecular formula is C22H29NO8. The molecule has 3 aliphatic rings. The van der Waals surface area contributed by atoms with Crippen LogP contribution in [-0.2, 0) is 9.47 Å². The Kier molecular flexibility index (Phi) is 5.63. The first kappa shape index (κ1) is 21.9. The second-order valence-electron chi connectivity index (χ2n) is 8.17. The van der Waals surface area contributed by atoms with Gasteiger partial charge in [-0.2, -0.15) is 0 Å². The van der Waals surface area contributed by atoms with E-state index in [1.165, 1.54) is 13.2 Å². The van der Waals surface area contributed by atoms with Gasteiger partial charge in [0.25, 0.3) is 5.91 Å². The van der Waals surface area contributed by atoms with E-state index in [2.05, 4.69) is 0 Å². The minimum Gasteiger partial charge on any atom is -0.492 e. The van der Waals surface area contributed by atoms with Gasteiger partial charge in [0.15, 0.2) is 17.3 Å². The molecule has 1 fully saturated rings. The van der Waals surface area contributed by atoms with Crippen LogP contribution >= 0.6 is 0 Å². The van der Waals surface area contributed by atoms with Gasteiger partial charge in [-0.05, 0) is 45.4 Å². The molecule has 0 unspecified atom stereocenters. The van der Waals surface area contributed by atoms with Crippen LogP contribution in [-0.4, -0.2) is 78.2 Å². The van der Waals surface area contributed by atoms with Crippen LogP contribution in [0.4, 0.5) is 0 Å². The number of fused-ring (bicyclic) bond motifs is 2. The Labute approximate surface area is 181 Å². The van der Waals surface area contributed by atoms with Gasteiger partial charge < -0.3 is 38.8 Å². The number of methoxy groups -OCH3 is 1. The van der Waals surface area contributed by atoms with Gasteiger partial charge in [0.1, 0.15) is 24.4 Å². The van der Waals surface area contributed by atoms with Crippen molar-refractivity contribution in [2.75, 3.05) is 27.0 Å².